The van der Waals surface area contributed by atoms with Gasteiger partial charge in [-0.25, -0.2) is 0 Å². The maximum atomic E-state index is 9.21. The van der Waals surface area contributed by atoms with E-state index in [1.807, 2.05) is 13.0 Å². The third-order valence-corrected chi connectivity index (χ3v) is 2.28. The van der Waals surface area contributed by atoms with Crippen molar-refractivity contribution < 1.29 is 14.8 Å². The molecule has 0 atom stereocenters. The molecular weight excluding hydrogens is 191 g/mol. The van der Waals surface area contributed by atoms with Gasteiger partial charge in [0, 0.05) is 5.46 Å². The van der Waals surface area contributed by atoms with Crippen molar-refractivity contribution in [3.05, 3.63) is 23.8 Å². The van der Waals surface area contributed by atoms with Gasteiger partial charge in [0.15, 0.2) is 0 Å². The van der Waals surface area contributed by atoms with E-state index < -0.39 is 7.12 Å². The predicted molar refractivity (Wildman–Crippen MR) is 61.5 cm³/mol. The van der Waals surface area contributed by atoms with Crippen LogP contribution >= 0.6 is 0 Å². The number of rotatable bonds is 4. The van der Waals surface area contributed by atoms with Crippen molar-refractivity contribution in [1.29, 1.82) is 0 Å². The first-order chi connectivity index (χ1) is 7.06. The average Bonchev–Trinajstić information content (AvgIpc) is 2.18. The molecule has 1 aromatic rings. The van der Waals surface area contributed by atoms with Crippen LogP contribution in [0, 0.1) is 0 Å². The smallest absolute Gasteiger partial charge is 0.492 e. The van der Waals surface area contributed by atoms with E-state index in [0.29, 0.717) is 23.7 Å². The van der Waals surface area contributed by atoms with Crippen molar-refractivity contribution in [1.82, 2.24) is 0 Å². The summed E-state index contributed by atoms with van der Waals surface area (Å²) >= 11 is 0. The lowest BCUT2D eigenvalue weighted by atomic mass is 9.78. The van der Waals surface area contributed by atoms with E-state index >= 15 is 0 Å². The van der Waals surface area contributed by atoms with Crippen LogP contribution in [0.4, 0.5) is 0 Å². The summed E-state index contributed by atoms with van der Waals surface area (Å²) < 4.78 is 5.31. The number of ether oxygens (including phenoxy) is 1. The highest BCUT2D eigenvalue weighted by atomic mass is 16.5. The topological polar surface area (TPSA) is 49.7 Å². The molecule has 0 saturated carbocycles. The highest BCUT2D eigenvalue weighted by molar-refractivity contribution is 6.59. The Bertz CT molecular complexity index is 324. The number of hydrogen-bond acceptors (Lipinski definition) is 3. The maximum absolute atomic E-state index is 9.21. The first-order valence-corrected chi connectivity index (χ1v) is 5.19. The normalized spacial score (nSPS) is 10.5. The molecule has 0 radical (unpaired) electrons. The molecule has 15 heavy (non-hydrogen) atoms. The van der Waals surface area contributed by atoms with Gasteiger partial charge < -0.3 is 14.8 Å². The van der Waals surface area contributed by atoms with E-state index in [2.05, 4.69) is 13.8 Å². The molecule has 82 valence electrons. The molecule has 1 aromatic carbocycles. The molecule has 1 rings (SSSR count). The molecular formula is C11H17BO3. The molecule has 2 N–H and O–H groups in total. The Morgan fingerprint density at radius 2 is 2.00 bits per heavy atom. The van der Waals surface area contributed by atoms with Crippen LogP contribution in [0.3, 0.4) is 0 Å². The van der Waals surface area contributed by atoms with Crippen LogP contribution in [0.5, 0.6) is 5.75 Å². The molecule has 0 unspecified atom stereocenters. The van der Waals surface area contributed by atoms with E-state index in [4.69, 9.17) is 4.74 Å². The summed E-state index contributed by atoms with van der Waals surface area (Å²) in [5.74, 6) is 0.898. The van der Waals surface area contributed by atoms with Crippen LogP contribution in [-0.4, -0.2) is 23.8 Å². The van der Waals surface area contributed by atoms with Crippen molar-refractivity contribution >= 4 is 12.6 Å². The zero-order valence-corrected chi connectivity index (χ0v) is 9.40. The van der Waals surface area contributed by atoms with E-state index in [9.17, 15) is 10.0 Å². The van der Waals surface area contributed by atoms with Crippen LogP contribution in [0.2, 0.25) is 0 Å². The van der Waals surface area contributed by atoms with Gasteiger partial charge in [0.05, 0.1) is 6.61 Å². The molecule has 0 fully saturated rings. The minimum atomic E-state index is -1.48. The second kappa shape index (κ2) is 5.19. The summed E-state index contributed by atoms with van der Waals surface area (Å²) in [4.78, 5) is 0. The summed E-state index contributed by atoms with van der Waals surface area (Å²) in [6.45, 7) is 6.50. The van der Waals surface area contributed by atoms with Crippen molar-refractivity contribution in [3.8, 4) is 5.75 Å². The highest BCUT2D eigenvalue weighted by Crippen LogP contribution is 2.17. The van der Waals surface area contributed by atoms with Gasteiger partial charge in [-0.15, -0.1) is 0 Å². The monoisotopic (exact) mass is 208 g/mol. The summed E-state index contributed by atoms with van der Waals surface area (Å²) in [5, 5.41) is 18.4. The van der Waals surface area contributed by atoms with Crippen LogP contribution in [-0.2, 0) is 0 Å². The molecule has 0 spiro atoms. The molecule has 0 aliphatic rings. The summed E-state index contributed by atoms with van der Waals surface area (Å²) in [6, 6.07) is 5.51. The van der Waals surface area contributed by atoms with Crippen molar-refractivity contribution in [2.75, 3.05) is 6.61 Å². The summed E-state index contributed by atoms with van der Waals surface area (Å²) in [7, 11) is -1.48. The first-order valence-electron chi connectivity index (χ1n) is 5.19. The number of hydrogen-bond donors (Lipinski definition) is 2. The molecule has 0 aliphatic heterocycles. The quantitative estimate of drug-likeness (QED) is 0.722. The fourth-order valence-electron chi connectivity index (χ4n) is 1.41. The molecule has 0 aliphatic carbocycles. The van der Waals surface area contributed by atoms with Crippen LogP contribution in [0.15, 0.2) is 18.2 Å². The summed E-state index contributed by atoms with van der Waals surface area (Å²) in [6.07, 6.45) is 0. The minimum Gasteiger partial charge on any atom is -0.494 e. The maximum Gasteiger partial charge on any atom is 0.492 e. The lowest BCUT2D eigenvalue weighted by Crippen LogP contribution is -2.32. The molecule has 0 bridgehead atoms. The molecule has 0 aromatic heterocycles. The zero-order chi connectivity index (χ0) is 11.4. The predicted octanol–water partition coefficient (Wildman–Crippen LogP) is 0.888. The first kappa shape index (κ1) is 12.1. The Balaban J connectivity index is 3.09. The molecule has 3 nitrogen and oxygen atoms in total. The Hall–Kier alpha value is -0.995. The van der Waals surface area contributed by atoms with Gasteiger partial charge in [-0.1, -0.05) is 26.0 Å². The number of benzene rings is 1. The average molecular weight is 208 g/mol. The standard InChI is InChI=1S/C11H17BO3/c1-4-15-11-6-5-9(8(2)3)7-10(11)12(13)14/h5-8,13-14H,4H2,1-3H3. The van der Waals surface area contributed by atoms with Crippen LogP contribution in [0.25, 0.3) is 0 Å². The second-order valence-corrected chi connectivity index (χ2v) is 3.76. The van der Waals surface area contributed by atoms with Crippen molar-refractivity contribution in [2.45, 2.75) is 26.7 Å². The third kappa shape index (κ3) is 2.98. The largest absolute Gasteiger partial charge is 0.494 e. The Labute approximate surface area is 90.9 Å². The third-order valence-electron chi connectivity index (χ3n) is 2.28. The van der Waals surface area contributed by atoms with Crippen molar-refractivity contribution in [3.63, 3.8) is 0 Å². The lowest BCUT2D eigenvalue weighted by Gasteiger charge is -2.13. The van der Waals surface area contributed by atoms with E-state index in [1.165, 1.54) is 0 Å². The molecule has 0 heterocycles. The zero-order valence-electron chi connectivity index (χ0n) is 9.40. The highest BCUT2D eigenvalue weighted by Gasteiger charge is 2.18. The Morgan fingerprint density at radius 1 is 1.33 bits per heavy atom. The summed E-state index contributed by atoms with van der Waals surface area (Å²) in [5.41, 5.74) is 1.50. The van der Waals surface area contributed by atoms with Gasteiger partial charge in [-0.3, -0.25) is 0 Å². The van der Waals surface area contributed by atoms with Crippen molar-refractivity contribution in [2.24, 2.45) is 0 Å². The van der Waals surface area contributed by atoms with Gasteiger partial charge >= 0.3 is 7.12 Å². The van der Waals surface area contributed by atoms with Crippen LogP contribution in [0.1, 0.15) is 32.3 Å². The Kier molecular flexibility index (Phi) is 4.18. The van der Waals surface area contributed by atoms with E-state index in [0.717, 1.165) is 5.56 Å². The van der Waals surface area contributed by atoms with E-state index in [-0.39, 0.29) is 0 Å². The van der Waals surface area contributed by atoms with Gasteiger partial charge in [0.25, 0.3) is 0 Å². The van der Waals surface area contributed by atoms with E-state index in [1.54, 1.807) is 12.1 Å². The fraction of sp³-hybridized carbons (Fsp3) is 0.455. The van der Waals surface area contributed by atoms with Gasteiger partial charge in [-0.2, -0.15) is 0 Å². The Morgan fingerprint density at radius 3 is 2.47 bits per heavy atom. The lowest BCUT2D eigenvalue weighted by molar-refractivity contribution is 0.340. The SMILES string of the molecule is CCOc1ccc(C(C)C)cc1B(O)O. The molecule has 0 amide bonds. The van der Waals surface area contributed by atoms with Crippen LogP contribution < -0.4 is 10.2 Å². The van der Waals surface area contributed by atoms with Gasteiger partial charge in [0.1, 0.15) is 5.75 Å². The molecule has 0 saturated heterocycles. The van der Waals surface area contributed by atoms with Gasteiger partial charge in [0.2, 0.25) is 0 Å². The minimum absolute atomic E-state index is 0.359. The fourth-order valence-corrected chi connectivity index (χ4v) is 1.41. The molecule has 4 heteroatoms. The second-order valence-electron chi connectivity index (χ2n) is 3.76. The van der Waals surface area contributed by atoms with Gasteiger partial charge in [-0.05, 0) is 24.5 Å².